The van der Waals surface area contributed by atoms with Crippen molar-refractivity contribution < 1.29 is 14.6 Å². The molecule has 1 aromatic heterocycles. The molecule has 0 amide bonds. The van der Waals surface area contributed by atoms with E-state index in [1.165, 1.54) is 12.0 Å². The SMILES string of the molecule is CC/C=C(/Cl)CC(O)N(C)/C(=N\C(=N)OC)c1ccc(O[C@H](C)CCC)nc1. The van der Waals surface area contributed by atoms with Gasteiger partial charge in [-0.25, -0.2) is 10.4 Å². The van der Waals surface area contributed by atoms with Gasteiger partial charge in [0.15, 0.2) is 0 Å². The molecule has 0 saturated carbocycles. The zero-order chi connectivity index (χ0) is 21.1. The number of rotatable bonds is 9. The number of aliphatic hydroxyl groups excluding tert-OH is 1. The molecule has 0 aliphatic rings. The number of amidine groups is 2. The highest BCUT2D eigenvalue weighted by Crippen LogP contribution is 2.18. The molecule has 2 atom stereocenters. The minimum Gasteiger partial charge on any atom is -0.475 e. The predicted molar refractivity (Wildman–Crippen MR) is 113 cm³/mol. The quantitative estimate of drug-likeness (QED) is 0.362. The van der Waals surface area contributed by atoms with Crippen LogP contribution in [0.5, 0.6) is 5.88 Å². The molecule has 0 fully saturated rings. The van der Waals surface area contributed by atoms with Gasteiger partial charge in [-0.2, -0.15) is 4.99 Å². The Morgan fingerprint density at radius 3 is 2.68 bits per heavy atom. The van der Waals surface area contributed by atoms with Crippen molar-refractivity contribution in [2.45, 2.75) is 58.8 Å². The Morgan fingerprint density at radius 2 is 2.14 bits per heavy atom. The van der Waals surface area contributed by atoms with Crippen LogP contribution in [0.3, 0.4) is 0 Å². The fraction of sp³-hybridized carbons (Fsp3) is 0.550. The van der Waals surface area contributed by atoms with Crippen molar-refractivity contribution in [1.29, 1.82) is 5.41 Å². The Morgan fingerprint density at radius 1 is 1.43 bits per heavy atom. The molecule has 28 heavy (non-hydrogen) atoms. The summed E-state index contributed by atoms with van der Waals surface area (Å²) in [5.74, 6) is 0.865. The van der Waals surface area contributed by atoms with Crippen molar-refractivity contribution in [2.24, 2.45) is 4.99 Å². The first-order valence-electron chi connectivity index (χ1n) is 9.42. The number of ether oxygens (including phenoxy) is 2. The van der Waals surface area contributed by atoms with Gasteiger partial charge in [-0.3, -0.25) is 0 Å². The molecule has 1 heterocycles. The molecule has 0 aliphatic heterocycles. The lowest BCUT2D eigenvalue weighted by Crippen LogP contribution is -2.38. The van der Waals surface area contributed by atoms with E-state index in [2.05, 4.69) is 16.9 Å². The highest BCUT2D eigenvalue weighted by molar-refractivity contribution is 6.29. The van der Waals surface area contributed by atoms with Crippen LogP contribution in [0, 0.1) is 5.41 Å². The third kappa shape index (κ3) is 7.86. The number of nitrogens with zero attached hydrogens (tertiary/aromatic N) is 3. The van der Waals surface area contributed by atoms with Crippen LogP contribution in [0.15, 0.2) is 34.4 Å². The van der Waals surface area contributed by atoms with E-state index in [0.29, 0.717) is 22.3 Å². The largest absolute Gasteiger partial charge is 0.475 e. The summed E-state index contributed by atoms with van der Waals surface area (Å²) in [5.41, 5.74) is 0.620. The fourth-order valence-electron chi connectivity index (χ4n) is 2.50. The minimum atomic E-state index is -0.917. The molecule has 0 saturated heterocycles. The maximum absolute atomic E-state index is 10.5. The van der Waals surface area contributed by atoms with Crippen molar-refractivity contribution in [1.82, 2.24) is 9.88 Å². The molecular weight excluding hydrogens is 380 g/mol. The summed E-state index contributed by atoms with van der Waals surface area (Å²) in [6.07, 6.45) is 5.62. The van der Waals surface area contributed by atoms with Gasteiger partial charge in [0.1, 0.15) is 12.1 Å². The number of aliphatic imine (C=N–C) groups is 1. The van der Waals surface area contributed by atoms with Gasteiger partial charge in [0, 0.05) is 36.3 Å². The zero-order valence-electron chi connectivity index (χ0n) is 17.3. The highest BCUT2D eigenvalue weighted by atomic mass is 35.5. The molecule has 0 radical (unpaired) electrons. The van der Waals surface area contributed by atoms with E-state index < -0.39 is 6.23 Å². The Hall–Kier alpha value is -2.12. The Labute approximate surface area is 172 Å². The number of aliphatic hydroxyl groups is 1. The second-order valence-electron chi connectivity index (χ2n) is 6.40. The fourth-order valence-corrected chi connectivity index (χ4v) is 2.79. The first kappa shape index (κ1) is 23.9. The van der Waals surface area contributed by atoms with Crippen LogP contribution in [0.2, 0.25) is 0 Å². The first-order chi connectivity index (χ1) is 13.3. The van der Waals surface area contributed by atoms with E-state index >= 15 is 0 Å². The topological polar surface area (TPSA) is 91.0 Å². The smallest absolute Gasteiger partial charge is 0.310 e. The Kier molecular flexibility index (Phi) is 10.6. The van der Waals surface area contributed by atoms with E-state index in [4.69, 9.17) is 26.5 Å². The molecule has 0 aliphatic carbocycles. The number of aromatic nitrogens is 1. The number of methoxy groups -OCH3 is 1. The number of pyridine rings is 1. The van der Waals surface area contributed by atoms with Gasteiger partial charge in [-0.05, 0) is 25.8 Å². The monoisotopic (exact) mass is 410 g/mol. The van der Waals surface area contributed by atoms with Gasteiger partial charge in [0.2, 0.25) is 5.88 Å². The number of halogens is 1. The van der Waals surface area contributed by atoms with Crippen LogP contribution >= 0.6 is 11.6 Å². The average molecular weight is 411 g/mol. The molecule has 8 heteroatoms. The normalized spacial score (nSPS) is 14.4. The average Bonchev–Trinajstić information content (AvgIpc) is 2.66. The second kappa shape index (κ2) is 12.4. The number of allylic oxidation sites excluding steroid dienone is 1. The lowest BCUT2D eigenvalue weighted by molar-refractivity contribution is 0.0719. The van der Waals surface area contributed by atoms with Crippen molar-refractivity contribution >= 4 is 23.5 Å². The first-order valence-corrected chi connectivity index (χ1v) is 9.79. The van der Waals surface area contributed by atoms with E-state index in [-0.39, 0.29) is 18.5 Å². The summed E-state index contributed by atoms with van der Waals surface area (Å²) >= 11 is 6.14. The summed E-state index contributed by atoms with van der Waals surface area (Å²) in [5, 5.41) is 18.8. The maximum Gasteiger partial charge on any atom is 0.310 e. The van der Waals surface area contributed by atoms with Crippen molar-refractivity contribution in [2.75, 3.05) is 14.2 Å². The van der Waals surface area contributed by atoms with Gasteiger partial charge in [0.05, 0.1) is 13.2 Å². The van der Waals surface area contributed by atoms with E-state index in [9.17, 15) is 5.11 Å². The number of hydrogen-bond donors (Lipinski definition) is 2. The molecule has 1 rings (SSSR count). The third-order valence-corrected chi connectivity index (χ3v) is 4.31. The van der Waals surface area contributed by atoms with Crippen LogP contribution < -0.4 is 4.74 Å². The molecular formula is C20H31ClN4O3. The van der Waals surface area contributed by atoms with Gasteiger partial charge in [-0.1, -0.05) is 37.9 Å². The van der Waals surface area contributed by atoms with Crippen LogP contribution in [-0.2, 0) is 4.74 Å². The molecule has 2 N–H and O–H groups in total. The highest BCUT2D eigenvalue weighted by Gasteiger charge is 2.20. The Balaban J connectivity index is 3.06. The zero-order valence-corrected chi connectivity index (χ0v) is 18.0. The Bertz CT molecular complexity index is 677. The molecule has 156 valence electrons. The second-order valence-corrected chi connectivity index (χ2v) is 6.89. The third-order valence-electron chi connectivity index (χ3n) is 4.00. The van der Waals surface area contributed by atoms with Crippen LogP contribution in [0.25, 0.3) is 0 Å². The molecule has 7 nitrogen and oxygen atoms in total. The molecule has 0 spiro atoms. The minimum absolute atomic E-state index is 0.0788. The van der Waals surface area contributed by atoms with Gasteiger partial charge < -0.3 is 19.5 Å². The van der Waals surface area contributed by atoms with Gasteiger partial charge >= 0.3 is 6.02 Å². The standard InChI is InChI=1S/C20H31ClN4O3/c1-6-8-14(3)28-17-11-10-15(13-23-17)19(24-20(22)27-5)25(4)18(26)12-16(21)9-7-2/h9-11,13-14,18,22,26H,6-8,12H2,1-5H3/b16-9+,22-20?,24-19-/t14-,18?/m1/s1. The lowest BCUT2D eigenvalue weighted by Gasteiger charge is -2.27. The van der Waals surface area contributed by atoms with Crippen molar-refractivity contribution in [3.63, 3.8) is 0 Å². The molecule has 0 bridgehead atoms. The molecule has 1 aromatic rings. The van der Waals surface area contributed by atoms with Crippen LogP contribution in [0.1, 0.15) is 52.0 Å². The summed E-state index contributed by atoms with van der Waals surface area (Å²) < 4.78 is 10.6. The van der Waals surface area contributed by atoms with Gasteiger partial charge in [-0.15, -0.1) is 0 Å². The predicted octanol–water partition coefficient (Wildman–Crippen LogP) is 4.15. The lowest BCUT2D eigenvalue weighted by atomic mass is 10.2. The van der Waals surface area contributed by atoms with Crippen molar-refractivity contribution in [3.05, 3.63) is 35.0 Å². The molecule has 0 aromatic carbocycles. The van der Waals surface area contributed by atoms with E-state index in [1.807, 2.05) is 19.9 Å². The number of nitrogens with one attached hydrogen (secondary N) is 1. The van der Waals surface area contributed by atoms with Crippen LogP contribution in [0.4, 0.5) is 0 Å². The van der Waals surface area contributed by atoms with E-state index in [1.54, 1.807) is 25.4 Å². The van der Waals surface area contributed by atoms with Gasteiger partial charge in [0.25, 0.3) is 0 Å². The maximum atomic E-state index is 10.5. The summed E-state index contributed by atoms with van der Waals surface area (Å²) in [6, 6.07) is 3.26. The number of hydrogen-bond acceptors (Lipinski definition) is 5. The summed E-state index contributed by atoms with van der Waals surface area (Å²) in [7, 11) is 3.04. The summed E-state index contributed by atoms with van der Waals surface area (Å²) in [4.78, 5) is 10.0. The summed E-state index contributed by atoms with van der Waals surface area (Å²) in [6.45, 7) is 6.08. The van der Waals surface area contributed by atoms with Crippen LogP contribution in [-0.4, -0.2) is 53.3 Å². The molecule has 1 unspecified atom stereocenters. The van der Waals surface area contributed by atoms with E-state index in [0.717, 1.165) is 19.3 Å². The van der Waals surface area contributed by atoms with Crippen molar-refractivity contribution in [3.8, 4) is 5.88 Å².